The Labute approximate surface area is 187 Å². The zero-order chi connectivity index (χ0) is 24.4. The van der Waals surface area contributed by atoms with E-state index in [1.807, 2.05) is 0 Å². The number of nitriles is 1. The highest BCUT2D eigenvalue weighted by Crippen LogP contribution is 2.13. The van der Waals surface area contributed by atoms with Gasteiger partial charge in [0, 0.05) is 24.7 Å². The maximum Gasteiger partial charge on any atom is 0.338 e. The van der Waals surface area contributed by atoms with Gasteiger partial charge in [-0.2, -0.15) is 5.26 Å². The molecule has 0 saturated heterocycles. The smallest absolute Gasteiger partial charge is 0.338 e. The lowest BCUT2D eigenvalue weighted by molar-refractivity contribution is -0.126. The van der Waals surface area contributed by atoms with Gasteiger partial charge in [0.2, 0.25) is 15.9 Å². The van der Waals surface area contributed by atoms with E-state index in [1.54, 1.807) is 6.07 Å². The zero-order valence-electron chi connectivity index (χ0n) is 16.9. The van der Waals surface area contributed by atoms with Crippen LogP contribution in [0.1, 0.15) is 16.8 Å². The summed E-state index contributed by atoms with van der Waals surface area (Å²) in [5.41, 5.74) is -0.0276. The number of halogens is 2. The number of esters is 1. The number of ether oxygens (including phenoxy) is 1. The molecule has 2 aromatic rings. The summed E-state index contributed by atoms with van der Waals surface area (Å²) in [4.78, 5) is 35.4. The number of rotatable bonds is 10. The molecule has 0 fully saturated rings. The third-order valence-electron chi connectivity index (χ3n) is 3.91. The number of carbonyl (C=O) groups excluding carboxylic acids is 3. The Bertz CT molecular complexity index is 1180. The maximum atomic E-state index is 13.1. The molecule has 10 nitrogen and oxygen atoms in total. The van der Waals surface area contributed by atoms with Crippen LogP contribution in [0.4, 0.5) is 14.5 Å². The van der Waals surface area contributed by atoms with Gasteiger partial charge in [-0.1, -0.05) is 0 Å². The van der Waals surface area contributed by atoms with E-state index in [4.69, 9.17) is 10.00 Å². The van der Waals surface area contributed by atoms with Crippen LogP contribution in [0.5, 0.6) is 0 Å². The second-order valence-corrected chi connectivity index (χ2v) is 8.13. The SMILES string of the molecule is N#CCCNS(=O)(=O)c1ccc(C(=O)OCC(=O)NCC(=O)Nc2ccc(F)c(F)c2)cc1. The van der Waals surface area contributed by atoms with Crippen LogP contribution < -0.4 is 15.4 Å². The Morgan fingerprint density at radius 1 is 1.00 bits per heavy atom. The molecule has 13 heteroatoms. The fourth-order valence-corrected chi connectivity index (χ4v) is 3.35. The number of hydrogen-bond donors (Lipinski definition) is 3. The summed E-state index contributed by atoms with van der Waals surface area (Å²) in [5, 5.41) is 12.9. The van der Waals surface area contributed by atoms with Gasteiger partial charge in [-0.25, -0.2) is 26.7 Å². The summed E-state index contributed by atoms with van der Waals surface area (Å²) in [5.74, 6) is -4.65. The molecule has 2 amide bonds. The summed E-state index contributed by atoms with van der Waals surface area (Å²) >= 11 is 0. The molecule has 33 heavy (non-hydrogen) atoms. The van der Waals surface area contributed by atoms with Gasteiger partial charge in [-0.15, -0.1) is 0 Å². The van der Waals surface area contributed by atoms with E-state index in [9.17, 15) is 31.6 Å². The fourth-order valence-electron chi connectivity index (χ4n) is 2.32. The third kappa shape index (κ3) is 7.95. The minimum atomic E-state index is -3.84. The van der Waals surface area contributed by atoms with Gasteiger partial charge in [-0.05, 0) is 36.4 Å². The molecule has 0 heterocycles. The molecule has 0 radical (unpaired) electrons. The van der Waals surface area contributed by atoms with E-state index in [-0.39, 0.29) is 29.1 Å². The summed E-state index contributed by atoms with van der Waals surface area (Å²) in [6.07, 6.45) is -0.00183. The first kappa shape index (κ1) is 25.4. The first-order valence-corrected chi connectivity index (χ1v) is 10.8. The molecule has 0 unspecified atom stereocenters. The van der Waals surface area contributed by atoms with E-state index < -0.39 is 52.6 Å². The van der Waals surface area contributed by atoms with E-state index >= 15 is 0 Å². The quantitative estimate of drug-likeness (QED) is 0.339. The minimum absolute atomic E-state index is 0.00183. The number of nitrogens with one attached hydrogen (secondary N) is 3. The summed E-state index contributed by atoms with van der Waals surface area (Å²) < 4.78 is 57.0. The van der Waals surface area contributed by atoms with Gasteiger partial charge in [0.05, 0.1) is 23.1 Å². The number of anilines is 1. The molecule has 2 aromatic carbocycles. The lowest BCUT2D eigenvalue weighted by Gasteiger charge is -2.09. The first-order chi connectivity index (χ1) is 15.6. The Balaban J connectivity index is 1.79. The highest BCUT2D eigenvalue weighted by atomic mass is 32.2. The number of amides is 2. The van der Waals surface area contributed by atoms with Crippen molar-refractivity contribution in [3.63, 3.8) is 0 Å². The average molecular weight is 480 g/mol. The van der Waals surface area contributed by atoms with Crippen LogP contribution in [0.3, 0.4) is 0 Å². The van der Waals surface area contributed by atoms with Crippen molar-refractivity contribution in [3.8, 4) is 6.07 Å². The number of benzene rings is 2. The number of carbonyl (C=O) groups is 3. The van der Waals surface area contributed by atoms with Crippen molar-refractivity contribution in [2.24, 2.45) is 0 Å². The molecule has 0 bridgehead atoms. The molecule has 0 aromatic heterocycles. The van der Waals surface area contributed by atoms with Crippen LogP contribution >= 0.6 is 0 Å². The maximum absolute atomic E-state index is 13.1. The van der Waals surface area contributed by atoms with Crippen LogP contribution in [-0.2, 0) is 24.3 Å². The molecular weight excluding hydrogens is 462 g/mol. The van der Waals surface area contributed by atoms with Gasteiger partial charge in [0.15, 0.2) is 18.2 Å². The highest BCUT2D eigenvalue weighted by Gasteiger charge is 2.16. The van der Waals surface area contributed by atoms with Crippen molar-refractivity contribution in [1.82, 2.24) is 10.0 Å². The molecule has 0 aliphatic rings. The molecule has 3 N–H and O–H groups in total. The van der Waals surface area contributed by atoms with Gasteiger partial charge in [0.25, 0.3) is 5.91 Å². The summed E-state index contributed by atoms with van der Waals surface area (Å²) in [6, 6.07) is 9.24. The molecule has 0 aliphatic heterocycles. The topological polar surface area (TPSA) is 154 Å². The predicted molar refractivity (Wildman–Crippen MR) is 110 cm³/mol. The van der Waals surface area contributed by atoms with Crippen molar-refractivity contribution in [1.29, 1.82) is 5.26 Å². The molecule has 0 atom stereocenters. The minimum Gasteiger partial charge on any atom is -0.452 e. The van der Waals surface area contributed by atoms with Crippen LogP contribution in [0, 0.1) is 23.0 Å². The second-order valence-electron chi connectivity index (χ2n) is 6.36. The van der Waals surface area contributed by atoms with Crippen molar-refractivity contribution < 1.29 is 36.3 Å². The summed E-state index contributed by atoms with van der Waals surface area (Å²) in [7, 11) is -3.84. The largest absolute Gasteiger partial charge is 0.452 e. The molecule has 174 valence electrons. The predicted octanol–water partition coefficient (Wildman–Crippen LogP) is 1.07. The van der Waals surface area contributed by atoms with Crippen molar-refractivity contribution in [2.45, 2.75) is 11.3 Å². The van der Waals surface area contributed by atoms with Crippen molar-refractivity contribution >= 4 is 33.5 Å². The van der Waals surface area contributed by atoms with Gasteiger partial charge in [0.1, 0.15) is 0 Å². The van der Waals surface area contributed by atoms with E-state index in [0.29, 0.717) is 0 Å². The highest BCUT2D eigenvalue weighted by molar-refractivity contribution is 7.89. The number of sulfonamides is 1. The second kappa shape index (κ2) is 11.7. The molecule has 0 aliphatic carbocycles. The standard InChI is InChI=1S/C20H18F2N4O6S/c21-16-7-4-14(10-17(16)22)26-18(27)11-24-19(28)12-32-20(29)13-2-5-15(6-3-13)33(30,31)25-9-1-8-23/h2-7,10,25H,1,9,11-12H2,(H,24,28)(H,26,27). The van der Waals surface area contributed by atoms with Crippen LogP contribution in [0.25, 0.3) is 0 Å². The molecule has 0 saturated carbocycles. The first-order valence-electron chi connectivity index (χ1n) is 9.28. The van der Waals surface area contributed by atoms with Gasteiger partial charge in [-0.3, -0.25) is 9.59 Å². The third-order valence-corrected chi connectivity index (χ3v) is 5.39. The van der Waals surface area contributed by atoms with Crippen LogP contribution in [-0.4, -0.2) is 45.9 Å². The average Bonchev–Trinajstić information content (AvgIpc) is 2.78. The Hall–Kier alpha value is -3.89. The Kier molecular flexibility index (Phi) is 8.96. The lowest BCUT2D eigenvalue weighted by atomic mass is 10.2. The zero-order valence-corrected chi connectivity index (χ0v) is 17.7. The fraction of sp³-hybridized carbons (Fsp3) is 0.200. The van der Waals surface area contributed by atoms with Crippen LogP contribution in [0.15, 0.2) is 47.4 Å². The monoisotopic (exact) mass is 480 g/mol. The number of hydrogen-bond acceptors (Lipinski definition) is 7. The van der Waals surface area contributed by atoms with E-state index in [1.165, 1.54) is 12.1 Å². The Morgan fingerprint density at radius 3 is 2.33 bits per heavy atom. The molecule has 0 spiro atoms. The van der Waals surface area contributed by atoms with Gasteiger partial charge < -0.3 is 15.4 Å². The normalized spacial score (nSPS) is 10.7. The molecular formula is C20H18F2N4O6S. The van der Waals surface area contributed by atoms with E-state index in [0.717, 1.165) is 30.3 Å². The van der Waals surface area contributed by atoms with Crippen molar-refractivity contribution in [3.05, 3.63) is 59.7 Å². The molecule has 2 rings (SSSR count). The van der Waals surface area contributed by atoms with Gasteiger partial charge >= 0.3 is 5.97 Å². The number of nitrogens with zero attached hydrogens (tertiary/aromatic N) is 1. The Morgan fingerprint density at radius 2 is 1.70 bits per heavy atom. The van der Waals surface area contributed by atoms with E-state index in [2.05, 4.69) is 15.4 Å². The lowest BCUT2D eigenvalue weighted by Crippen LogP contribution is -2.35. The summed E-state index contributed by atoms with van der Waals surface area (Å²) in [6.45, 7) is -1.29. The van der Waals surface area contributed by atoms with Crippen LogP contribution in [0.2, 0.25) is 0 Å². The van der Waals surface area contributed by atoms with Crippen molar-refractivity contribution in [2.75, 3.05) is 25.0 Å².